The number of aromatic nitrogens is 3. The summed E-state index contributed by atoms with van der Waals surface area (Å²) in [6, 6.07) is 10.3. The summed E-state index contributed by atoms with van der Waals surface area (Å²) in [6.45, 7) is 6.45. The van der Waals surface area contributed by atoms with Crippen LogP contribution < -0.4 is 26.0 Å². The van der Waals surface area contributed by atoms with Gasteiger partial charge in [-0.15, -0.1) is 0 Å². The first-order valence-corrected chi connectivity index (χ1v) is 13.2. The number of rotatable bonds is 8. The number of methoxy groups -OCH3 is 2. The quantitative estimate of drug-likeness (QED) is 0.263. The zero-order chi connectivity index (χ0) is 28.4. The van der Waals surface area contributed by atoms with Crippen molar-refractivity contribution in [3.05, 3.63) is 63.6 Å². The van der Waals surface area contributed by atoms with E-state index in [2.05, 4.69) is 27.1 Å². The fourth-order valence-corrected chi connectivity index (χ4v) is 5.04. The van der Waals surface area contributed by atoms with E-state index in [0.717, 1.165) is 30.5 Å². The average Bonchev–Trinajstić information content (AvgIpc) is 3.41. The van der Waals surface area contributed by atoms with Gasteiger partial charge in [-0.2, -0.15) is 0 Å². The van der Waals surface area contributed by atoms with Gasteiger partial charge in [-0.3, -0.25) is 19.6 Å². The SMILES string of the molecule is CCN1CCN(C(=O)c2ccc3[nH]c(C(=O)NCCn4c(=O)[nH]c5cc(OC)c(OC)cc5c4=N)cc3c2)CC1. The van der Waals surface area contributed by atoms with Gasteiger partial charge in [-0.05, 0) is 36.9 Å². The largest absolute Gasteiger partial charge is 0.493 e. The molecule has 12 heteroatoms. The van der Waals surface area contributed by atoms with Crippen molar-refractivity contribution in [3.8, 4) is 11.5 Å². The molecule has 5 rings (SSSR count). The Morgan fingerprint density at radius 1 is 0.975 bits per heavy atom. The van der Waals surface area contributed by atoms with Crippen molar-refractivity contribution in [1.82, 2.24) is 29.7 Å². The van der Waals surface area contributed by atoms with Gasteiger partial charge in [-0.25, -0.2) is 4.79 Å². The van der Waals surface area contributed by atoms with E-state index in [1.54, 1.807) is 30.3 Å². The van der Waals surface area contributed by atoms with Gasteiger partial charge in [-0.1, -0.05) is 6.92 Å². The maximum atomic E-state index is 13.0. The number of hydrogen-bond donors (Lipinski definition) is 4. The highest BCUT2D eigenvalue weighted by Gasteiger charge is 2.22. The van der Waals surface area contributed by atoms with Crippen LogP contribution in [0.25, 0.3) is 21.8 Å². The van der Waals surface area contributed by atoms with Gasteiger partial charge < -0.3 is 34.6 Å². The Balaban J connectivity index is 1.27. The highest BCUT2D eigenvalue weighted by Crippen LogP contribution is 2.29. The summed E-state index contributed by atoms with van der Waals surface area (Å²) in [5.41, 5.74) is 1.65. The molecule has 1 aliphatic heterocycles. The van der Waals surface area contributed by atoms with E-state index in [0.29, 0.717) is 46.7 Å². The summed E-state index contributed by atoms with van der Waals surface area (Å²) in [5.74, 6) is 0.526. The van der Waals surface area contributed by atoms with Crippen molar-refractivity contribution < 1.29 is 19.1 Å². The number of benzene rings is 2. The Morgan fingerprint density at radius 2 is 1.70 bits per heavy atom. The van der Waals surface area contributed by atoms with Crippen LogP contribution in [-0.2, 0) is 6.54 Å². The molecule has 4 N–H and O–H groups in total. The minimum absolute atomic E-state index is 0.00660. The third-order valence-electron chi connectivity index (χ3n) is 7.38. The zero-order valence-corrected chi connectivity index (χ0v) is 22.8. The molecule has 40 heavy (non-hydrogen) atoms. The summed E-state index contributed by atoms with van der Waals surface area (Å²) in [7, 11) is 3.00. The van der Waals surface area contributed by atoms with Crippen molar-refractivity contribution >= 4 is 33.6 Å². The number of likely N-dealkylation sites (N-methyl/N-ethyl adjacent to an activating group) is 1. The van der Waals surface area contributed by atoms with Crippen molar-refractivity contribution in [2.75, 3.05) is 53.5 Å². The lowest BCUT2D eigenvalue weighted by Crippen LogP contribution is -2.48. The minimum atomic E-state index is -0.474. The second-order valence-corrected chi connectivity index (χ2v) is 9.65. The monoisotopic (exact) mass is 547 g/mol. The van der Waals surface area contributed by atoms with Gasteiger partial charge in [0.1, 0.15) is 11.2 Å². The van der Waals surface area contributed by atoms with Crippen molar-refractivity contribution in [1.29, 1.82) is 5.41 Å². The molecule has 1 fully saturated rings. The van der Waals surface area contributed by atoms with Crippen LogP contribution in [0.1, 0.15) is 27.8 Å². The summed E-state index contributed by atoms with van der Waals surface area (Å²) in [6.07, 6.45) is 0. The van der Waals surface area contributed by atoms with Crippen LogP contribution in [0.5, 0.6) is 11.5 Å². The van der Waals surface area contributed by atoms with E-state index in [4.69, 9.17) is 14.9 Å². The molecule has 4 aromatic rings. The van der Waals surface area contributed by atoms with Crippen LogP contribution in [0, 0.1) is 5.41 Å². The Labute approximate surface area is 230 Å². The van der Waals surface area contributed by atoms with E-state index >= 15 is 0 Å². The van der Waals surface area contributed by atoms with Crippen LogP contribution in [0.4, 0.5) is 0 Å². The van der Waals surface area contributed by atoms with E-state index in [9.17, 15) is 14.4 Å². The van der Waals surface area contributed by atoms with Crippen LogP contribution in [0.2, 0.25) is 0 Å². The molecular weight excluding hydrogens is 514 g/mol. The molecule has 0 atom stereocenters. The molecule has 2 amide bonds. The number of hydrogen-bond acceptors (Lipinski definition) is 7. The first-order chi connectivity index (χ1) is 19.3. The predicted molar refractivity (Wildman–Crippen MR) is 150 cm³/mol. The van der Waals surface area contributed by atoms with Crippen molar-refractivity contribution in [2.45, 2.75) is 13.5 Å². The molecule has 12 nitrogen and oxygen atoms in total. The van der Waals surface area contributed by atoms with E-state index in [1.165, 1.54) is 18.8 Å². The Bertz CT molecular complexity index is 1700. The van der Waals surface area contributed by atoms with Gasteiger partial charge in [0.05, 0.1) is 19.7 Å². The molecule has 0 bridgehead atoms. The predicted octanol–water partition coefficient (Wildman–Crippen LogP) is 1.52. The van der Waals surface area contributed by atoms with E-state index < -0.39 is 5.69 Å². The molecule has 2 aromatic carbocycles. The fourth-order valence-electron chi connectivity index (χ4n) is 5.04. The van der Waals surface area contributed by atoms with Crippen LogP contribution in [0.3, 0.4) is 0 Å². The second-order valence-electron chi connectivity index (χ2n) is 9.65. The Hall–Kier alpha value is -4.58. The lowest BCUT2D eigenvalue weighted by atomic mass is 10.1. The average molecular weight is 548 g/mol. The molecule has 3 heterocycles. The zero-order valence-electron chi connectivity index (χ0n) is 22.8. The van der Waals surface area contributed by atoms with Crippen molar-refractivity contribution in [2.24, 2.45) is 0 Å². The Morgan fingerprint density at radius 3 is 2.40 bits per heavy atom. The second kappa shape index (κ2) is 11.3. The molecular formula is C28H33N7O5. The summed E-state index contributed by atoms with van der Waals surface area (Å²) < 4.78 is 11.8. The number of carbonyl (C=O) groups is 2. The summed E-state index contributed by atoms with van der Waals surface area (Å²) in [5, 5.41) is 12.6. The number of nitrogens with zero attached hydrogens (tertiary/aromatic N) is 3. The smallest absolute Gasteiger partial charge is 0.327 e. The topological polar surface area (TPSA) is 149 Å². The van der Waals surface area contributed by atoms with Crippen LogP contribution >= 0.6 is 0 Å². The normalized spacial score (nSPS) is 14.0. The number of nitrogens with one attached hydrogen (secondary N) is 4. The Kier molecular flexibility index (Phi) is 7.60. The highest BCUT2D eigenvalue weighted by atomic mass is 16.5. The van der Waals surface area contributed by atoms with Crippen LogP contribution in [-0.4, -0.2) is 89.6 Å². The van der Waals surface area contributed by atoms with Gasteiger partial charge in [0.15, 0.2) is 11.5 Å². The number of fused-ring (bicyclic) bond motifs is 2. The lowest BCUT2D eigenvalue weighted by molar-refractivity contribution is 0.0643. The maximum Gasteiger partial charge on any atom is 0.327 e. The number of amides is 2. The third kappa shape index (κ3) is 5.17. The first kappa shape index (κ1) is 27.0. The number of ether oxygens (including phenoxy) is 2. The third-order valence-corrected chi connectivity index (χ3v) is 7.38. The van der Waals surface area contributed by atoms with Gasteiger partial charge in [0.25, 0.3) is 11.8 Å². The fraction of sp³-hybridized carbons (Fsp3) is 0.357. The number of aromatic amines is 2. The number of piperazine rings is 1. The lowest BCUT2D eigenvalue weighted by Gasteiger charge is -2.34. The standard InChI is InChI=1S/C28H33N7O5/c1-4-33-9-11-34(12-10-33)27(37)17-5-6-20-18(13-17)14-22(31-20)26(36)30-7-8-35-25(29)19-15-23(39-2)24(40-3)16-21(19)32-28(35)38/h5-6,13-16,29,31H,4,7-12H2,1-3H3,(H,30,36)(H,32,38). The molecule has 0 unspecified atom stereocenters. The molecule has 210 valence electrons. The molecule has 1 saturated heterocycles. The van der Waals surface area contributed by atoms with E-state index in [1.807, 2.05) is 11.0 Å². The summed E-state index contributed by atoms with van der Waals surface area (Å²) >= 11 is 0. The minimum Gasteiger partial charge on any atom is -0.493 e. The first-order valence-electron chi connectivity index (χ1n) is 13.2. The van der Waals surface area contributed by atoms with E-state index in [-0.39, 0.29) is 30.4 Å². The number of H-pyrrole nitrogens is 2. The molecule has 2 aromatic heterocycles. The number of carbonyl (C=O) groups excluding carboxylic acids is 2. The molecule has 0 spiro atoms. The molecule has 0 radical (unpaired) electrons. The van der Waals surface area contributed by atoms with Crippen LogP contribution in [0.15, 0.2) is 41.2 Å². The molecule has 1 aliphatic rings. The molecule has 0 aliphatic carbocycles. The van der Waals surface area contributed by atoms with Gasteiger partial charge in [0.2, 0.25) is 0 Å². The van der Waals surface area contributed by atoms with Gasteiger partial charge in [0, 0.05) is 67.2 Å². The molecule has 0 saturated carbocycles. The highest BCUT2D eigenvalue weighted by molar-refractivity contribution is 6.01. The van der Waals surface area contributed by atoms with Crippen molar-refractivity contribution in [3.63, 3.8) is 0 Å². The summed E-state index contributed by atoms with van der Waals surface area (Å²) in [4.78, 5) is 48.6. The maximum absolute atomic E-state index is 13.0. The van der Waals surface area contributed by atoms with Gasteiger partial charge >= 0.3 is 5.69 Å².